The van der Waals surface area contributed by atoms with E-state index < -0.39 is 38.3 Å². The monoisotopic (exact) mass is 313 g/mol. The van der Waals surface area contributed by atoms with Crippen LogP contribution >= 0.6 is 0 Å². The van der Waals surface area contributed by atoms with Gasteiger partial charge in [0.25, 0.3) is 0 Å². The summed E-state index contributed by atoms with van der Waals surface area (Å²) in [5.74, 6) is -1.15. The Hall–Kier alpha value is 1.70. The van der Waals surface area contributed by atoms with Gasteiger partial charge in [0.2, 0.25) is 0 Å². The number of rotatable bonds is 4. The average molecular weight is 313 g/mol. The van der Waals surface area contributed by atoms with Crippen LogP contribution in [0, 0.1) is 0 Å². The van der Waals surface area contributed by atoms with Gasteiger partial charge in [-0.15, -0.1) is 0 Å². The van der Waals surface area contributed by atoms with Crippen molar-refractivity contribution in [2.75, 3.05) is 24.7 Å². The van der Waals surface area contributed by atoms with Crippen molar-refractivity contribution in [1.29, 1.82) is 0 Å². The van der Waals surface area contributed by atoms with Gasteiger partial charge in [-0.2, -0.15) is 0 Å². The molecule has 0 aliphatic rings. The normalized spacial score (nSPS) is 9.65. The fourth-order valence-corrected chi connectivity index (χ4v) is 0.768. The summed E-state index contributed by atoms with van der Waals surface area (Å²) < 4.78 is 57.3. The molecule has 0 aromatic heterocycles. The Morgan fingerprint density at radius 2 is 1.24 bits per heavy atom. The van der Waals surface area contributed by atoms with Crippen molar-refractivity contribution in [2.45, 2.75) is 0 Å². The fourth-order valence-electron chi connectivity index (χ4n) is 0.256. The summed E-state index contributed by atoms with van der Waals surface area (Å²) in [5.41, 5.74) is 4.74. The van der Waals surface area contributed by atoms with Gasteiger partial charge in [-0.3, -0.25) is 0 Å². The molecule has 0 heterocycles. The first-order valence-electron chi connectivity index (χ1n) is 3.30. The standard InChI is InChI=1S/C2H7NO3S.C2H6O4S.2Na.H2O/c2*3-1-2-7(4,5)6;;;/h1-3H2,(H,4,5,6);3H,1-2H2,(H,4,5,6);;;1H2/q;;2*+1;/p-2. The van der Waals surface area contributed by atoms with Crippen LogP contribution < -0.4 is 64.8 Å². The van der Waals surface area contributed by atoms with Crippen LogP contribution in [0.25, 0.3) is 0 Å². The Morgan fingerprint density at radius 3 is 1.24 bits per heavy atom. The Bertz CT molecular complexity index is 293. The van der Waals surface area contributed by atoms with Crippen LogP contribution in [0.3, 0.4) is 0 Å². The topological polar surface area (TPSA) is 192 Å². The maximum Gasteiger partial charge on any atom is 1.00 e. The van der Waals surface area contributed by atoms with Gasteiger partial charge in [0.05, 0.1) is 38.3 Å². The van der Waals surface area contributed by atoms with Crippen LogP contribution in [0.5, 0.6) is 0 Å². The van der Waals surface area contributed by atoms with Crippen molar-refractivity contribution < 1.29 is 95.6 Å². The third kappa shape index (κ3) is 46.4. The second kappa shape index (κ2) is 15.8. The molecule has 0 aromatic rings. The molecule has 0 atom stereocenters. The van der Waals surface area contributed by atoms with Gasteiger partial charge in [-0.05, 0) is 0 Å². The molecule has 0 saturated heterocycles. The minimum absolute atomic E-state index is 0. The van der Waals surface area contributed by atoms with Crippen LogP contribution in [-0.4, -0.2) is 61.2 Å². The Kier molecular flexibility index (Phi) is 28.9. The predicted molar refractivity (Wildman–Crippen MR) is 48.9 cm³/mol. The van der Waals surface area contributed by atoms with Crippen LogP contribution in [0.4, 0.5) is 0 Å². The third-order valence-corrected chi connectivity index (χ3v) is 2.13. The Labute approximate surface area is 145 Å². The van der Waals surface area contributed by atoms with E-state index in [9.17, 15) is 25.9 Å². The van der Waals surface area contributed by atoms with Crippen molar-refractivity contribution in [3.8, 4) is 0 Å². The van der Waals surface area contributed by atoms with E-state index in [0.29, 0.717) is 0 Å². The number of hydrogen-bond donors (Lipinski definition) is 2. The molecule has 0 unspecified atom stereocenters. The Balaban J connectivity index is -0.0000000480. The molecule has 0 aliphatic carbocycles. The summed E-state index contributed by atoms with van der Waals surface area (Å²) >= 11 is 0. The van der Waals surface area contributed by atoms with E-state index in [1.165, 1.54) is 0 Å². The van der Waals surface area contributed by atoms with Crippen LogP contribution in [0.1, 0.15) is 0 Å². The minimum Gasteiger partial charge on any atom is -0.748 e. The zero-order valence-electron chi connectivity index (χ0n) is 9.62. The van der Waals surface area contributed by atoms with Gasteiger partial charge in [-0.25, -0.2) is 16.8 Å². The molecule has 0 aromatic carbocycles. The predicted octanol–water partition coefficient (Wildman–Crippen LogP) is -9.80. The Morgan fingerprint density at radius 1 is 0.941 bits per heavy atom. The van der Waals surface area contributed by atoms with Crippen molar-refractivity contribution in [1.82, 2.24) is 0 Å². The summed E-state index contributed by atoms with van der Waals surface area (Å²) in [5, 5.41) is 7.82. The van der Waals surface area contributed by atoms with E-state index in [-0.39, 0.29) is 71.1 Å². The maximum absolute atomic E-state index is 9.60. The van der Waals surface area contributed by atoms with Gasteiger partial charge in [0.15, 0.2) is 0 Å². The van der Waals surface area contributed by atoms with Crippen LogP contribution in [0.15, 0.2) is 0 Å². The van der Waals surface area contributed by atoms with E-state index in [2.05, 4.69) is 0 Å². The molecule has 0 radical (unpaired) electrons. The van der Waals surface area contributed by atoms with Crippen molar-refractivity contribution in [3.63, 3.8) is 0 Å². The van der Waals surface area contributed by atoms with Gasteiger partial charge in [0, 0.05) is 6.54 Å². The van der Waals surface area contributed by atoms with Gasteiger partial charge >= 0.3 is 59.1 Å². The van der Waals surface area contributed by atoms with E-state index in [4.69, 9.17) is 10.8 Å². The minimum atomic E-state index is -4.17. The summed E-state index contributed by atoms with van der Waals surface area (Å²) in [7, 11) is -8.22. The largest absolute Gasteiger partial charge is 1.00 e. The number of hydrogen-bond acceptors (Lipinski definition) is 8. The number of aliphatic hydroxyl groups is 1. The molecule has 13 heteroatoms. The maximum atomic E-state index is 9.60. The molecule has 0 fully saturated rings. The molecular formula is C4H13NNa2O8S2. The van der Waals surface area contributed by atoms with E-state index >= 15 is 0 Å². The van der Waals surface area contributed by atoms with Crippen molar-refractivity contribution in [2.24, 2.45) is 5.73 Å². The third-order valence-electron chi connectivity index (χ3n) is 0.709. The van der Waals surface area contributed by atoms with E-state index in [1.807, 2.05) is 0 Å². The summed E-state index contributed by atoms with van der Waals surface area (Å²) in [6.45, 7) is -0.683. The van der Waals surface area contributed by atoms with Crippen LogP contribution in [0.2, 0.25) is 0 Å². The molecule has 17 heavy (non-hydrogen) atoms. The van der Waals surface area contributed by atoms with Crippen LogP contribution in [-0.2, 0) is 20.2 Å². The molecule has 9 nitrogen and oxygen atoms in total. The SMILES string of the molecule is NCCS(=O)(=O)[O-].O.O=S(=O)([O-])CCO.[Na+].[Na+]. The van der Waals surface area contributed by atoms with Crippen molar-refractivity contribution in [3.05, 3.63) is 0 Å². The van der Waals surface area contributed by atoms with E-state index in [1.54, 1.807) is 0 Å². The van der Waals surface area contributed by atoms with E-state index in [0.717, 1.165) is 0 Å². The average Bonchev–Trinajstić information content (AvgIpc) is 1.81. The van der Waals surface area contributed by atoms with Gasteiger partial charge < -0.3 is 25.4 Å². The molecule has 96 valence electrons. The molecule has 0 spiro atoms. The van der Waals surface area contributed by atoms with Crippen molar-refractivity contribution >= 4 is 20.2 Å². The van der Waals surface area contributed by atoms with Gasteiger partial charge in [-0.1, -0.05) is 0 Å². The zero-order valence-corrected chi connectivity index (χ0v) is 15.3. The smallest absolute Gasteiger partial charge is 0.748 e. The molecule has 0 amide bonds. The molecule has 0 bridgehead atoms. The second-order valence-corrected chi connectivity index (χ2v) is 5.08. The molecular weight excluding hydrogens is 300 g/mol. The summed E-state index contributed by atoms with van der Waals surface area (Å²) in [4.78, 5) is 0. The zero-order chi connectivity index (χ0) is 11.8. The number of nitrogens with two attached hydrogens (primary N) is 1. The first kappa shape index (κ1) is 31.2. The molecule has 5 N–H and O–H groups in total. The summed E-state index contributed by atoms with van der Waals surface area (Å²) in [6.07, 6.45) is 0. The fraction of sp³-hybridized carbons (Fsp3) is 1.00. The van der Waals surface area contributed by atoms with Gasteiger partial charge in [0.1, 0.15) is 0 Å². The molecule has 0 saturated carbocycles. The number of aliphatic hydroxyl groups excluding tert-OH is 1. The first-order chi connectivity index (χ1) is 6.12. The molecule has 0 rings (SSSR count). The summed E-state index contributed by atoms with van der Waals surface area (Å²) in [6, 6.07) is 0. The molecule has 0 aliphatic heterocycles. The quantitative estimate of drug-likeness (QED) is 0.377. The second-order valence-electron chi connectivity index (χ2n) is 2.04. The first-order valence-corrected chi connectivity index (χ1v) is 6.46.